The zero-order chi connectivity index (χ0) is 22.7. The summed E-state index contributed by atoms with van der Waals surface area (Å²) in [5, 5.41) is 13.5. The molecule has 2 aromatic heterocycles. The number of rotatable bonds is 8. The Morgan fingerprint density at radius 1 is 1.31 bits per heavy atom. The second-order valence-electron chi connectivity index (χ2n) is 7.00. The molecule has 164 valence electrons. The number of benzene rings is 2. The van der Waals surface area contributed by atoms with Gasteiger partial charge < -0.3 is 14.5 Å². The van der Waals surface area contributed by atoms with E-state index in [0.717, 1.165) is 10.9 Å². The van der Waals surface area contributed by atoms with Gasteiger partial charge in [-0.15, -0.1) is 16.8 Å². The maximum absolute atomic E-state index is 12.4. The Bertz CT molecular complexity index is 1300. The molecule has 7 nitrogen and oxygen atoms in total. The third kappa shape index (κ3) is 4.51. The molecule has 0 radical (unpaired) electrons. The minimum Gasteiger partial charge on any atom is -0.493 e. The van der Waals surface area contributed by atoms with Gasteiger partial charge in [-0.25, -0.2) is 0 Å². The molecule has 0 aliphatic heterocycles. The van der Waals surface area contributed by atoms with Gasteiger partial charge in [0.1, 0.15) is 0 Å². The molecule has 0 fully saturated rings. The lowest BCUT2D eigenvalue weighted by Gasteiger charge is -2.08. The van der Waals surface area contributed by atoms with Crippen LogP contribution in [0.1, 0.15) is 5.56 Å². The van der Waals surface area contributed by atoms with Crippen molar-refractivity contribution in [2.75, 3.05) is 18.2 Å². The molecule has 0 aliphatic carbocycles. The fourth-order valence-corrected chi connectivity index (χ4v) is 4.10. The quantitative estimate of drug-likeness (QED) is 0.268. The van der Waals surface area contributed by atoms with Crippen molar-refractivity contribution in [3.63, 3.8) is 0 Å². The van der Waals surface area contributed by atoms with Crippen LogP contribution >= 0.6 is 23.4 Å². The van der Waals surface area contributed by atoms with E-state index in [1.54, 1.807) is 19.3 Å². The number of allylic oxidation sites excluding steroid dienone is 1. The Morgan fingerprint density at radius 2 is 2.16 bits per heavy atom. The van der Waals surface area contributed by atoms with Gasteiger partial charge in [-0.2, -0.15) is 0 Å². The summed E-state index contributed by atoms with van der Waals surface area (Å²) in [6.45, 7) is 6.19. The van der Waals surface area contributed by atoms with Crippen LogP contribution in [-0.4, -0.2) is 33.5 Å². The van der Waals surface area contributed by atoms with Gasteiger partial charge in [-0.05, 0) is 36.8 Å². The Balaban J connectivity index is 1.53. The highest BCUT2D eigenvalue weighted by molar-refractivity contribution is 7.99. The summed E-state index contributed by atoms with van der Waals surface area (Å²) in [5.41, 5.74) is 2.24. The van der Waals surface area contributed by atoms with Gasteiger partial charge >= 0.3 is 0 Å². The molecule has 0 unspecified atom stereocenters. The van der Waals surface area contributed by atoms with Crippen LogP contribution in [0.25, 0.3) is 22.6 Å². The molecule has 4 rings (SSSR count). The average molecular weight is 469 g/mol. The number of halogens is 1. The fourth-order valence-electron chi connectivity index (χ4n) is 3.18. The second kappa shape index (κ2) is 9.50. The number of aromatic nitrogens is 3. The summed E-state index contributed by atoms with van der Waals surface area (Å²) in [6.07, 6.45) is 1.74. The number of furan rings is 1. The fraction of sp³-hybridized carbons (Fsp3) is 0.174. The molecule has 1 amide bonds. The summed E-state index contributed by atoms with van der Waals surface area (Å²) >= 11 is 7.41. The number of para-hydroxylation sites is 1. The summed E-state index contributed by atoms with van der Waals surface area (Å²) in [5.74, 6) is 1.75. The number of carbonyl (C=O) groups excluding carboxylic acids is 1. The molecular formula is C23H21ClN4O3S. The zero-order valence-electron chi connectivity index (χ0n) is 17.6. The number of hydrogen-bond donors (Lipinski definition) is 1. The lowest BCUT2D eigenvalue weighted by Crippen LogP contribution is -2.14. The monoisotopic (exact) mass is 468 g/mol. The summed E-state index contributed by atoms with van der Waals surface area (Å²) in [7, 11) is 1.60. The number of aryl methyl sites for hydroxylation is 1. The normalized spacial score (nSPS) is 11.0. The first-order valence-corrected chi connectivity index (χ1v) is 11.2. The highest BCUT2D eigenvalue weighted by atomic mass is 35.5. The molecule has 0 saturated carbocycles. The minimum absolute atomic E-state index is 0.161. The van der Waals surface area contributed by atoms with E-state index in [1.807, 2.05) is 47.9 Å². The van der Waals surface area contributed by atoms with Crippen LogP contribution in [0.3, 0.4) is 0 Å². The summed E-state index contributed by atoms with van der Waals surface area (Å²) in [6, 6.07) is 13.0. The van der Waals surface area contributed by atoms with E-state index in [-0.39, 0.29) is 11.7 Å². The molecule has 4 aromatic rings. The van der Waals surface area contributed by atoms with Crippen molar-refractivity contribution >= 4 is 45.9 Å². The van der Waals surface area contributed by atoms with E-state index < -0.39 is 0 Å². The molecule has 0 saturated heterocycles. The van der Waals surface area contributed by atoms with Crippen LogP contribution in [0, 0.1) is 6.92 Å². The largest absolute Gasteiger partial charge is 0.493 e. The van der Waals surface area contributed by atoms with E-state index in [2.05, 4.69) is 22.1 Å². The first-order valence-electron chi connectivity index (χ1n) is 9.80. The van der Waals surface area contributed by atoms with Gasteiger partial charge in [0.05, 0.1) is 12.9 Å². The molecule has 2 heterocycles. The minimum atomic E-state index is -0.168. The molecule has 0 bridgehead atoms. The molecular weight excluding hydrogens is 448 g/mol. The van der Waals surface area contributed by atoms with E-state index in [1.165, 1.54) is 11.8 Å². The van der Waals surface area contributed by atoms with Crippen LogP contribution in [0.15, 0.2) is 64.7 Å². The van der Waals surface area contributed by atoms with Crippen molar-refractivity contribution in [2.24, 2.45) is 0 Å². The Labute approximate surface area is 194 Å². The third-order valence-electron chi connectivity index (χ3n) is 4.76. The van der Waals surface area contributed by atoms with Crippen LogP contribution in [-0.2, 0) is 11.3 Å². The van der Waals surface area contributed by atoms with Crippen LogP contribution in [0.5, 0.6) is 5.75 Å². The van der Waals surface area contributed by atoms with Crippen molar-refractivity contribution in [3.8, 4) is 17.3 Å². The van der Waals surface area contributed by atoms with Crippen molar-refractivity contribution in [2.45, 2.75) is 18.6 Å². The van der Waals surface area contributed by atoms with E-state index in [9.17, 15) is 4.79 Å². The molecule has 2 aromatic carbocycles. The van der Waals surface area contributed by atoms with E-state index >= 15 is 0 Å². The first kappa shape index (κ1) is 22.0. The smallest absolute Gasteiger partial charge is 0.234 e. The predicted molar refractivity (Wildman–Crippen MR) is 128 cm³/mol. The van der Waals surface area contributed by atoms with Crippen molar-refractivity contribution < 1.29 is 13.9 Å². The Kier molecular flexibility index (Phi) is 6.53. The number of amides is 1. The lowest BCUT2D eigenvalue weighted by atomic mass is 10.2. The van der Waals surface area contributed by atoms with Crippen LogP contribution < -0.4 is 10.1 Å². The number of fused-ring (bicyclic) bond motifs is 1. The first-order chi connectivity index (χ1) is 15.5. The highest BCUT2D eigenvalue weighted by Gasteiger charge is 2.19. The SMILES string of the molecule is C=CCn1c(SCC(=O)Nc2ccc(C)c(Cl)c2)nnc1-c1cc2cccc(OC)c2o1. The summed E-state index contributed by atoms with van der Waals surface area (Å²) in [4.78, 5) is 12.4. The average Bonchev–Trinajstić information content (AvgIpc) is 3.39. The van der Waals surface area contributed by atoms with Gasteiger partial charge in [0.15, 0.2) is 22.2 Å². The van der Waals surface area contributed by atoms with Crippen molar-refractivity contribution in [1.82, 2.24) is 14.8 Å². The van der Waals surface area contributed by atoms with E-state index in [0.29, 0.717) is 45.3 Å². The second-order valence-corrected chi connectivity index (χ2v) is 8.35. The Hall–Kier alpha value is -3.23. The third-order valence-corrected chi connectivity index (χ3v) is 6.14. The standard InChI is InChI=1S/C23H21ClN4O3S/c1-4-10-28-22(19-11-15-6-5-7-18(30-3)21(15)31-19)26-27-23(28)32-13-20(29)25-16-9-8-14(2)17(24)12-16/h4-9,11-12H,1,10,13H2,2-3H3,(H,25,29). The number of nitrogens with zero attached hydrogens (tertiary/aromatic N) is 3. The van der Waals surface area contributed by atoms with Crippen LogP contribution in [0.4, 0.5) is 5.69 Å². The molecule has 9 heteroatoms. The van der Waals surface area contributed by atoms with E-state index in [4.69, 9.17) is 20.8 Å². The predicted octanol–water partition coefficient (Wildman–Crippen LogP) is 5.58. The molecule has 0 aliphatic rings. The number of nitrogens with one attached hydrogen (secondary N) is 1. The highest BCUT2D eigenvalue weighted by Crippen LogP contribution is 2.34. The van der Waals surface area contributed by atoms with Gasteiger partial charge in [-0.3, -0.25) is 9.36 Å². The van der Waals surface area contributed by atoms with Crippen LogP contribution in [0.2, 0.25) is 5.02 Å². The molecule has 0 atom stereocenters. The van der Waals surface area contributed by atoms with Gasteiger partial charge in [-0.1, -0.05) is 47.6 Å². The maximum atomic E-state index is 12.4. The molecule has 32 heavy (non-hydrogen) atoms. The number of thioether (sulfide) groups is 1. The molecule has 1 N–H and O–H groups in total. The van der Waals surface area contributed by atoms with Crippen molar-refractivity contribution in [3.05, 3.63) is 65.7 Å². The topological polar surface area (TPSA) is 82.2 Å². The summed E-state index contributed by atoms with van der Waals surface area (Å²) < 4.78 is 13.3. The maximum Gasteiger partial charge on any atom is 0.234 e. The number of methoxy groups -OCH3 is 1. The number of hydrogen-bond acceptors (Lipinski definition) is 6. The van der Waals surface area contributed by atoms with Gasteiger partial charge in [0.2, 0.25) is 11.7 Å². The zero-order valence-corrected chi connectivity index (χ0v) is 19.2. The lowest BCUT2D eigenvalue weighted by molar-refractivity contribution is -0.113. The Morgan fingerprint density at radius 3 is 2.91 bits per heavy atom. The number of anilines is 1. The number of ether oxygens (including phenoxy) is 1. The van der Waals surface area contributed by atoms with Gasteiger partial charge in [0.25, 0.3) is 0 Å². The van der Waals surface area contributed by atoms with Gasteiger partial charge in [0, 0.05) is 22.6 Å². The van der Waals surface area contributed by atoms with Crippen molar-refractivity contribution in [1.29, 1.82) is 0 Å². The number of carbonyl (C=O) groups is 1. The molecule has 0 spiro atoms.